The fraction of sp³-hybridized carbons (Fsp3) is 0.385. The second kappa shape index (κ2) is 5.53. The van der Waals surface area contributed by atoms with E-state index in [2.05, 4.69) is 28.6 Å². The Hall–Kier alpha value is -2.04. The van der Waals surface area contributed by atoms with Crippen LogP contribution < -0.4 is 10.1 Å². The van der Waals surface area contributed by atoms with E-state index >= 15 is 0 Å². The maximum absolute atomic E-state index is 5.62. The minimum Gasteiger partial charge on any atom is -0.492 e. The molecule has 0 atom stereocenters. The van der Waals surface area contributed by atoms with Gasteiger partial charge in [-0.2, -0.15) is 0 Å². The van der Waals surface area contributed by atoms with Gasteiger partial charge in [0, 0.05) is 7.05 Å². The molecule has 0 aliphatic rings. The van der Waals surface area contributed by atoms with Crippen molar-refractivity contribution in [3.63, 3.8) is 0 Å². The van der Waals surface area contributed by atoms with Crippen LogP contribution in [0.3, 0.4) is 0 Å². The van der Waals surface area contributed by atoms with Crippen LogP contribution in [0.15, 0.2) is 24.4 Å². The third kappa shape index (κ3) is 2.80. The summed E-state index contributed by atoms with van der Waals surface area (Å²) in [5.74, 6) is 0.882. The van der Waals surface area contributed by atoms with E-state index in [0.29, 0.717) is 13.2 Å². The average Bonchev–Trinajstić information content (AvgIpc) is 2.74. The molecule has 1 aromatic heterocycles. The number of hydrogen-bond acceptors (Lipinski definition) is 4. The molecule has 5 heteroatoms. The smallest absolute Gasteiger partial charge is 0.142 e. The maximum Gasteiger partial charge on any atom is 0.142 e. The molecule has 18 heavy (non-hydrogen) atoms. The monoisotopic (exact) mass is 246 g/mol. The Morgan fingerprint density at radius 1 is 1.39 bits per heavy atom. The van der Waals surface area contributed by atoms with Gasteiger partial charge in [0.05, 0.1) is 30.7 Å². The summed E-state index contributed by atoms with van der Waals surface area (Å²) in [6.45, 7) is 5.37. The number of aryl methyl sites for hydroxylation is 2. The SMILES string of the molecule is CCOc1cc(C)ccc1NCc1cnnn1C. The van der Waals surface area contributed by atoms with Gasteiger partial charge in [0.2, 0.25) is 0 Å². The summed E-state index contributed by atoms with van der Waals surface area (Å²) in [4.78, 5) is 0. The van der Waals surface area contributed by atoms with Crippen LogP contribution >= 0.6 is 0 Å². The summed E-state index contributed by atoms with van der Waals surface area (Å²) in [6.07, 6.45) is 1.75. The highest BCUT2D eigenvalue weighted by Gasteiger charge is 2.05. The number of nitrogens with zero attached hydrogens (tertiary/aromatic N) is 3. The zero-order valence-corrected chi connectivity index (χ0v) is 11.0. The van der Waals surface area contributed by atoms with Crippen LogP contribution in [-0.4, -0.2) is 21.6 Å². The van der Waals surface area contributed by atoms with Crippen LogP contribution in [0.25, 0.3) is 0 Å². The quantitative estimate of drug-likeness (QED) is 0.878. The van der Waals surface area contributed by atoms with Gasteiger partial charge < -0.3 is 10.1 Å². The minimum absolute atomic E-state index is 0.658. The molecule has 96 valence electrons. The van der Waals surface area contributed by atoms with Gasteiger partial charge in [0.25, 0.3) is 0 Å². The molecule has 0 saturated carbocycles. The summed E-state index contributed by atoms with van der Waals surface area (Å²) in [5, 5.41) is 11.1. The van der Waals surface area contributed by atoms with E-state index in [0.717, 1.165) is 17.1 Å². The molecule has 1 heterocycles. The highest BCUT2D eigenvalue weighted by atomic mass is 16.5. The van der Waals surface area contributed by atoms with Crippen LogP contribution in [0.5, 0.6) is 5.75 Å². The number of anilines is 1. The molecule has 0 bridgehead atoms. The number of rotatable bonds is 5. The van der Waals surface area contributed by atoms with Crippen molar-refractivity contribution in [2.45, 2.75) is 20.4 Å². The molecule has 1 N–H and O–H groups in total. The fourth-order valence-corrected chi connectivity index (χ4v) is 1.71. The first-order valence-electron chi connectivity index (χ1n) is 6.01. The molecule has 0 spiro atoms. The van der Waals surface area contributed by atoms with Crippen molar-refractivity contribution in [3.05, 3.63) is 35.7 Å². The largest absolute Gasteiger partial charge is 0.492 e. The van der Waals surface area contributed by atoms with Crippen molar-refractivity contribution in [3.8, 4) is 5.75 Å². The van der Waals surface area contributed by atoms with Gasteiger partial charge in [-0.1, -0.05) is 11.3 Å². The first kappa shape index (κ1) is 12.4. The second-order valence-corrected chi connectivity index (χ2v) is 4.14. The van der Waals surface area contributed by atoms with E-state index < -0.39 is 0 Å². The molecule has 0 amide bonds. The van der Waals surface area contributed by atoms with Crippen molar-refractivity contribution in [2.75, 3.05) is 11.9 Å². The Morgan fingerprint density at radius 3 is 2.89 bits per heavy atom. The lowest BCUT2D eigenvalue weighted by atomic mass is 10.2. The van der Waals surface area contributed by atoms with E-state index in [1.165, 1.54) is 5.56 Å². The van der Waals surface area contributed by atoms with E-state index in [4.69, 9.17) is 4.74 Å². The van der Waals surface area contributed by atoms with Gasteiger partial charge in [-0.3, -0.25) is 4.68 Å². The van der Waals surface area contributed by atoms with Crippen LogP contribution in [0.2, 0.25) is 0 Å². The fourth-order valence-electron chi connectivity index (χ4n) is 1.71. The predicted octanol–water partition coefficient (Wildman–Crippen LogP) is 2.13. The van der Waals surface area contributed by atoms with E-state index in [-0.39, 0.29) is 0 Å². The van der Waals surface area contributed by atoms with Gasteiger partial charge in [0.15, 0.2) is 0 Å². The highest BCUT2D eigenvalue weighted by Crippen LogP contribution is 2.26. The minimum atomic E-state index is 0.658. The molecule has 5 nitrogen and oxygen atoms in total. The summed E-state index contributed by atoms with van der Waals surface area (Å²) < 4.78 is 7.37. The number of aromatic nitrogens is 3. The molecule has 1 aromatic carbocycles. The number of benzene rings is 1. The van der Waals surface area contributed by atoms with Crippen molar-refractivity contribution < 1.29 is 4.74 Å². The van der Waals surface area contributed by atoms with Gasteiger partial charge >= 0.3 is 0 Å². The molecule has 2 rings (SSSR count). The lowest BCUT2D eigenvalue weighted by molar-refractivity contribution is 0.341. The number of hydrogen-bond donors (Lipinski definition) is 1. The highest BCUT2D eigenvalue weighted by molar-refractivity contribution is 5.57. The summed E-state index contributed by atoms with van der Waals surface area (Å²) in [7, 11) is 1.88. The lowest BCUT2D eigenvalue weighted by Crippen LogP contribution is -2.07. The van der Waals surface area contributed by atoms with Crippen molar-refractivity contribution in [1.29, 1.82) is 0 Å². The zero-order chi connectivity index (χ0) is 13.0. The lowest BCUT2D eigenvalue weighted by Gasteiger charge is -2.13. The third-order valence-electron chi connectivity index (χ3n) is 2.71. The van der Waals surface area contributed by atoms with Crippen molar-refractivity contribution in [2.24, 2.45) is 7.05 Å². The molecule has 0 aliphatic heterocycles. The van der Waals surface area contributed by atoms with E-state index in [1.807, 2.05) is 26.1 Å². The summed E-state index contributed by atoms with van der Waals surface area (Å²) in [5.41, 5.74) is 3.20. The van der Waals surface area contributed by atoms with Crippen LogP contribution in [0.1, 0.15) is 18.2 Å². The number of ether oxygens (including phenoxy) is 1. The number of nitrogens with one attached hydrogen (secondary N) is 1. The maximum atomic E-state index is 5.62. The van der Waals surface area contributed by atoms with E-state index in [9.17, 15) is 0 Å². The Labute approximate surface area is 107 Å². The van der Waals surface area contributed by atoms with Gasteiger partial charge in [0.1, 0.15) is 5.75 Å². The molecule has 2 aromatic rings. The molecule has 0 aliphatic carbocycles. The Balaban J connectivity index is 2.11. The van der Waals surface area contributed by atoms with Crippen molar-refractivity contribution >= 4 is 5.69 Å². The van der Waals surface area contributed by atoms with Crippen LogP contribution in [0.4, 0.5) is 5.69 Å². The van der Waals surface area contributed by atoms with E-state index in [1.54, 1.807) is 10.9 Å². The standard InChI is InChI=1S/C13H18N4O/c1-4-18-13-7-10(2)5-6-12(13)14-8-11-9-15-16-17(11)3/h5-7,9,14H,4,8H2,1-3H3. The molecule has 0 fully saturated rings. The van der Waals surface area contributed by atoms with Gasteiger partial charge in [-0.25, -0.2) is 0 Å². The Bertz CT molecular complexity index is 521. The predicted molar refractivity (Wildman–Crippen MR) is 70.7 cm³/mol. The van der Waals surface area contributed by atoms with Gasteiger partial charge in [-0.15, -0.1) is 5.10 Å². The summed E-state index contributed by atoms with van der Waals surface area (Å²) >= 11 is 0. The van der Waals surface area contributed by atoms with Gasteiger partial charge in [-0.05, 0) is 31.5 Å². The van der Waals surface area contributed by atoms with Crippen LogP contribution in [0, 0.1) is 6.92 Å². The zero-order valence-electron chi connectivity index (χ0n) is 11.0. The van der Waals surface area contributed by atoms with Crippen molar-refractivity contribution in [1.82, 2.24) is 15.0 Å². The first-order chi connectivity index (χ1) is 8.70. The first-order valence-corrected chi connectivity index (χ1v) is 6.01. The normalized spacial score (nSPS) is 10.4. The molecule has 0 radical (unpaired) electrons. The average molecular weight is 246 g/mol. The Kier molecular flexibility index (Phi) is 3.82. The second-order valence-electron chi connectivity index (χ2n) is 4.14. The topological polar surface area (TPSA) is 52.0 Å². The van der Waals surface area contributed by atoms with Crippen LogP contribution in [-0.2, 0) is 13.6 Å². The molecule has 0 saturated heterocycles. The third-order valence-corrected chi connectivity index (χ3v) is 2.71. The Morgan fingerprint density at radius 2 is 2.22 bits per heavy atom. The molecular formula is C13H18N4O. The molecule has 0 unspecified atom stereocenters. The summed E-state index contributed by atoms with van der Waals surface area (Å²) in [6, 6.07) is 6.13. The molecular weight excluding hydrogens is 228 g/mol.